The summed E-state index contributed by atoms with van der Waals surface area (Å²) in [6.45, 7) is 0.384. The molecule has 0 saturated carbocycles. The first-order valence-electron chi connectivity index (χ1n) is 5.74. The Balaban J connectivity index is 1.81. The van der Waals surface area contributed by atoms with Gasteiger partial charge in [0, 0.05) is 18.1 Å². The van der Waals surface area contributed by atoms with Gasteiger partial charge in [0.05, 0.1) is 12.8 Å². The van der Waals surface area contributed by atoms with E-state index in [9.17, 15) is 9.82 Å². The Bertz CT molecular complexity index is 621. The van der Waals surface area contributed by atoms with E-state index in [2.05, 4.69) is 15.3 Å². The molecule has 1 aromatic heterocycles. The standard InChI is InChI=1S/C12H10BN3O3/c17-12(11-6-14-3-4-15-11)16-9-2-1-8-7-19-13(18)10(8)5-9/h1-6,18H,7H2,(H,16,17). The number of nitrogens with one attached hydrogen (secondary N) is 1. The van der Waals surface area contributed by atoms with Gasteiger partial charge in [-0.25, -0.2) is 4.98 Å². The number of nitrogens with zero attached hydrogens (tertiary/aromatic N) is 2. The number of amides is 1. The van der Waals surface area contributed by atoms with Crippen molar-refractivity contribution < 1.29 is 14.5 Å². The third kappa shape index (κ3) is 2.33. The highest BCUT2D eigenvalue weighted by Crippen LogP contribution is 2.15. The zero-order valence-electron chi connectivity index (χ0n) is 9.91. The highest BCUT2D eigenvalue weighted by Gasteiger charge is 2.27. The highest BCUT2D eigenvalue weighted by atomic mass is 16.5. The van der Waals surface area contributed by atoms with Gasteiger partial charge in [-0.15, -0.1) is 0 Å². The number of carbonyl (C=O) groups excluding carboxylic acids is 1. The molecule has 3 rings (SSSR count). The molecule has 6 nitrogen and oxygen atoms in total. The molecule has 0 aliphatic carbocycles. The summed E-state index contributed by atoms with van der Waals surface area (Å²) in [5, 5.41) is 12.3. The Morgan fingerprint density at radius 2 is 2.32 bits per heavy atom. The first-order valence-corrected chi connectivity index (χ1v) is 5.74. The second kappa shape index (κ2) is 4.79. The molecule has 19 heavy (non-hydrogen) atoms. The smallest absolute Gasteiger partial charge is 0.423 e. The van der Waals surface area contributed by atoms with Crippen molar-refractivity contribution in [3.8, 4) is 0 Å². The Hall–Kier alpha value is -2.25. The minimum atomic E-state index is -0.927. The van der Waals surface area contributed by atoms with Gasteiger partial charge in [-0.3, -0.25) is 9.78 Å². The number of hydrogen-bond acceptors (Lipinski definition) is 5. The van der Waals surface area contributed by atoms with E-state index in [1.54, 1.807) is 12.1 Å². The second-order valence-electron chi connectivity index (χ2n) is 4.12. The first kappa shape index (κ1) is 11.8. The fourth-order valence-corrected chi connectivity index (χ4v) is 1.90. The van der Waals surface area contributed by atoms with Crippen LogP contribution < -0.4 is 10.8 Å². The zero-order chi connectivity index (χ0) is 13.2. The van der Waals surface area contributed by atoms with Crippen molar-refractivity contribution >= 4 is 24.2 Å². The van der Waals surface area contributed by atoms with Crippen molar-refractivity contribution in [2.45, 2.75) is 6.61 Å². The van der Waals surface area contributed by atoms with Crippen molar-refractivity contribution in [1.82, 2.24) is 9.97 Å². The van der Waals surface area contributed by atoms with Crippen LogP contribution in [0.1, 0.15) is 16.1 Å². The number of carbonyl (C=O) groups is 1. The molecule has 0 unspecified atom stereocenters. The average Bonchev–Trinajstić information content (AvgIpc) is 2.81. The van der Waals surface area contributed by atoms with Gasteiger partial charge in [0.15, 0.2) is 0 Å². The lowest BCUT2D eigenvalue weighted by Gasteiger charge is -2.06. The van der Waals surface area contributed by atoms with E-state index >= 15 is 0 Å². The van der Waals surface area contributed by atoms with E-state index in [1.807, 2.05) is 6.07 Å². The molecule has 1 aliphatic rings. The minimum absolute atomic E-state index is 0.236. The molecule has 1 aromatic carbocycles. The maximum Gasteiger partial charge on any atom is 0.491 e. The molecule has 0 atom stereocenters. The van der Waals surface area contributed by atoms with E-state index in [0.717, 1.165) is 5.56 Å². The van der Waals surface area contributed by atoms with Crippen molar-refractivity contribution in [3.05, 3.63) is 48.0 Å². The van der Waals surface area contributed by atoms with Crippen molar-refractivity contribution in [2.75, 3.05) is 5.32 Å². The predicted molar refractivity (Wildman–Crippen MR) is 68.8 cm³/mol. The number of fused-ring (bicyclic) bond motifs is 1. The molecule has 0 spiro atoms. The lowest BCUT2D eigenvalue weighted by Crippen LogP contribution is -2.28. The fraction of sp³-hybridized carbons (Fsp3) is 0.0833. The minimum Gasteiger partial charge on any atom is -0.423 e. The Morgan fingerprint density at radius 3 is 3.11 bits per heavy atom. The van der Waals surface area contributed by atoms with Gasteiger partial charge in [0.1, 0.15) is 5.69 Å². The number of aromatic nitrogens is 2. The molecule has 2 heterocycles. The summed E-state index contributed by atoms with van der Waals surface area (Å²) in [4.78, 5) is 19.6. The molecule has 2 N–H and O–H groups in total. The van der Waals surface area contributed by atoms with Gasteiger partial charge >= 0.3 is 7.12 Å². The molecule has 2 aromatic rings. The lowest BCUT2D eigenvalue weighted by atomic mass is 9.79. The maximum absolute atomic E-state index is 11.9. The van der Waals surface area contributed by atoms with Crippen LogP contribution in [0.15, 0.2) is 36.8 Å². The molecule has 1 amide bonds. The quantitative estimate of drug-likeness (QED) is 0.735. The molecule has 94 valence electrons. The van der Waals surface area contributed by atoms with Crippen molar-refractivity contribution in [3.63, 3.8) is 0 Å². The van der Waals surface area contributed by atoms with E-state index < -0.39 is 7.12 Å². The van der Waals surface area contributed by atoms with Gasteiger partial charge in [-0.2, -0.15) is 0 Å². The molecule has 0 saturated heterocycles. The topological polar surface area (TPSA) is 84.3 Å². The van der Waals surface area contributed by atoms with Crippen LogP contribution in [0.4, 0.5) is 5.69 Å². The molecular formula is C12H10BN3O3. The van der Waals surface area contributed by atoms with Crippen LogP contribution in [0.3, 0.4) is 0 Å². The maximum atomic E-state index is 11.9. The average molecular weight is 255 g/mol. The molecule has 7 heteroatoms. The SMILES string of the molecule is O=C(Nc1ccc2c(c1)B(O)OC2)c1cnccn1. The molecule has 0 fully saturated rings. The molecule has 0 bridgehead atoms. The van der Waals surface area contributed by atoms with Crippen LogP contribution in [-0.4, -0.2) is 28.0 Å². The number of hydrogen-bond donors (Lipinski definition) is 2. The van der Waals surface area contributed by atoms with E-state index in [1.165, 1.54) is 18.6 Å². The van der Waals surface area contributed by atoms with Crippen LogP contribution in [0, 0.1) is 0 Å². The summed E-state index contributed by atoms with van der Waals surface area (Å²) in [6, 6.07) is 5.27. The van der Waals surface area contributed by atoms with Gasteiger partial charge in [-0.1, -0.05) is 6.07 Å². The van der Waals surface area contributed by atoms with Gasteiger partial charge in [0.2, 0.25) is 0 Å². The molecule has 0 radical (unpaired) electrons. The molecule has 1 aliphatic heterocycles. The normalized spacial score (nSPS) is 13.2. The van der Waals surface area contributed by atoms with Crippen LogP contribution in [-0.2, 0) is 11.3 Å². The number of anilines is 1. The van der Waals surface area contributed by atoms with Gasteiger partial charge < -0.3 is 15.0 Å². The second-order valence-corrected chi connectivity index (χ2v) is 4.12. The Morgan fingerprint density at radius 1 is 1.42 bits per heavy atom. The fourth-order valence-electron chi connectivity index (χ4n) is 1.90. The zero-order valence-corrected chi connectivity index (χ0v) is 9.91. The van der Waals surface area contributed by atoms with E-state index in [-0.39, 0.29) is 11.6 Å². The monoisotopic (exact) mass is 255 g/mol. The third-order valence-corrected chi connectivity index (χ3v) is 2.86. The lowest BCUT2D eigenvalue weighted by molar-refractivity contribution is 0.102. The summed E-state index contributed by atoms with van der Waals surface area (Å²) < 4.78 is 5.09. The van der Waals surface area contributed by atoms with Gasteiger partial charge in [0.25, 0.3) is 5.91 Å². The largest absolute Gasteiger partial charge is 0.491 e. The number of benzene rings is 1. The van der Waals surface area contributed by atoms with Crippen molar-refractivity contribution in [1.29, 1.82) is 0 Å². The van der Waals surface area contributed by atoms with E-state index in [4.69, 9.17) is 4.65 Å². The summed E-state index contributed by atoms with van der Waals surface area (Å²) in [7, 11) is -0.927. The van der Waals surface area contributed by atoms with Crippen LogP contribution >= 0.6 is 0 Å². The van der Waals surface area contributed by atoms with E-state index in [0.29, 0.717) is 17.8 Å². The Kier molecular flexibility index (Phi) is 2.98. The van der Waals surface area contributed by atoms with Crippen LogP contribution in [0.2, 0.25) is 0 Å². The summed E-state index contributed by atoms with van der Waals surface area (Å²) in [5.41, 5.74) is 2.42. The summed E-state index contributed by atoms with van der Waals surface area (Å²) in [6.07, 6.45) is 4.34. The summed E-state index contributed by atoms with van der Waals surface area (Å²) >= 11 is 0. The van der Waals surface area contributed by atoms with Gasteiger partial charge in [-0.05, 0) is 23.2 Å². The predicted octanol–water partition coefficient (Wildman–Crippen LogP) is -0.0534. The van der Waals surface area contributed by atoms with Crippen LogP contribution in [0.5, 0.6) is 0 Å². The highest BCUT2D eigenvalue weighted by molar-refractivity contribution is 6.61. The summed E-state index contributed by atoms with van der Waals surface area (Å²) in [5.74, 6) is -0.346. The Labute approximate surface area is 109 Å². The van der Waals surface area contributed by atoms with Crippen molar-refractivity contribution in [2.24, 2.45) is 0 Å². The first-order chi connectivity index (χ1) is 9.24. The van der Waals surface area contributed by atoms with Crippen LogP contribution in [0.25, 0.3) is 0 Å². The third-order valence-electron chi connectivity index (χ3n) is 2.86. The number of rotatable bonds is 2. The molecular weight excluding hydrogens is 245 g/mol.